The van der Waals surface area contributed by atoms with Crippen LogP contribution in [0, 0.1) is 0 Å². The zero-order valence-electron chi connectivity index (χ0n) is 13.9. The van der Waals surface area contributed by atoms with Crippen LogP contribution in [0.5, 0.6) is 5.75 Å². The van der Waals surface area contributed by atoms with Gasteiger partial charge in [0.2, 0.25) is 0 Å². The van der Waals surface area contributed by atoms with Gasteiger partial charge >= 0.3 is 0 Å². The first kappa shape index (κ1) is 17.0. The lowest BCUT2D eigenvalue weighted by Crippen LogP contribution is -2.30. The number of hydrogen-bond acceptors (Lipinski definition) is 4. The largest absolute Gasteiger partial charge is 0.497 e. The molecule has 1 aliphatic rings. The maximum absolute atomic E-state index is 12.9. The van der Waals surface area contributed by atoms with E-state index in [1.807, 2.05) is 54.6 Å². The van der Waals surface area contributed by atoms with Crippen molar-refractivity contribution in [3.05, 3.63) is 78.5 Å². The smallest absolute Gasteiger partial charge is 0.283 e. The Hall–Kier alpha value is -2.79. The minimum atomic E-state index is -0.138. The first-order chi connectivity index (χ1) is 12.2. The summed E-state index contributed by atoms with van der Waals surface area (Å²) in [7, 11) is 1.61. The molecule has 0 fully saturated rings. The third-order valence-corrected chi connectivity index (χ3v) is 4.53. The molecule has 0 saturated heterocycles. The molecule has 0 unspecified atom stereocenters. The highest BCUT2D eigenvalue weighted by Gasteiger charge is 2.31. The number of carbonyl (C=O) groups is 1. The second-order valence-corrected chi connectivity index (χ2v) is 6.26. The van der Waals surface area contributed by atoms with Crippen molar-refractivity contribution < 1.29 is 9.53 Å². The number of thioether (sulfide) groups is 1. The fourth-order valence-electron chi connectivity index (χ4n) is 2.39. The average molecular weight is 350 g/mol. The van der Waals surface area contributed by atoms with Crippen LogP contribution in [0.4, 0.5) is 5.69 Å². The Morgan fingerprint density at radius 1 is 1.16 bits per heavy atom. The molecule has 0 aromatic heterocycles. The molecule has 2 aromatic carbocycles. The van der Waals surface area contributed by atoms with Crippen molar-refractivity contribution >= 4 is 34.6 Å². The standard InChI is InChI=1S/C20H18N2O2S/c1-3-13-25-20-21-18(14-15-7-5-4-6-8-15)19(23)22(20)16-9-11-17(24-2)12-10-16/h3-12,14H,1,13H2,2H3/b18-14-. The lowest BCUT2D eigenvalue weighted by atomic mass is 10.2. The lowest BCUT2D eigenvalue weighted by Gasteiger charge is -2.17. The fraction of sp³-hybridized carbons (Fsp3) is 0.100. The van der Waals surface area contributed by atoms with E-state index in [-0.39, 0.29) is 5.91 Å². The zero-order valence-corrected chi connectivity index (χ0v) is 14.7. The van der Waals surface area contributed by atoms with Gasteiger partial charge in [0.25, 0.3) is 5.91 Å². The summed E-state index contributed by atoms with van der Waals surface area (Å²) in [5.41, 5.74) is 2.13. The highest BCUT2D eigenvalue weighted by atomic mass is 32.2. The maximum atomic E-state index is 12.9. The lowest BCUT2D eigenvalue weighted by molar-refractivity contribution is -0.113. The molecule has 0 N–H and O–H groups in total. The summed E-state index contributed by atoms with van der Waals surface area (Å²) in [4.78, 5) is 19.1. The molecule has 5 heteroatoms. The molecule has 0 atom stereocenters. The molecule has 0 spiro atoms. The summed E-state index contributed by atoms with van der Waals surface area (Å²) in [5, 5.41) is 0.650. The Bertz CT molecular complexity index is 827. The Balaban J connectivity index is 1.95. The molecule has 0 radical (unpaired) electrons. The summed E-state index contributed by atoms with van der Waals surface area (Å²) in [6.45, 7) is 3.74. The molecule has 126 valence electrons. The minimum Gasteiger partial charge on any atom is -0.497 e. The summed E-state index contributed by atoms with van der Waals surface area (Å²) >= 11 is 1.48. The van der Waals surface area contributed by atoms with Gasteiger partial charge in [-0.25, -0.2) is 4.99 Å². The number of hydrogen-bond donors (Lipinski definition) is 0. The van der Waals surface area contributed by atoms with Crippen LogP contribution in [0.3, 0.4) is 0 Å². The number of nitrogens with zero attached hydrogens (tertiary/aromatic N) is 2. The van der Waals surface area contributed by atoms with Crippen LogP contribution in [-0.2, 0) is 4.79 Å². The van der Waals surface area contributed by atoms with E-state index in [1.54, 1.807) is 24.2 Å². The van der Waals surface area contributed by atoms with E-state index in [0.717, 1.165) is 17.0 Å². The Morgan fingerprint density at radius 2 is 1.88 bits per heavy atom. The van der Waals surface area contributed by atoms with Gasteiger partial charge in [-0.1, -0.05) is 48.2 Å². The van der Waals surface area contributed by atoms with Crippen molar-refractivity contribution in [1.82, 2.24) is 0 Å². The van der Waals surface area contributed by atoms with Crippen LogP contribution >= 0.6 is 11.8 Å². The SMILES string of the molecule is C=CCSC1=N/C(=C\c2ccccc2)C(=O)N1c1ccc(OC)cc1. The quantitative estimate of drug-likeness (QED) is 0.594. The second-order valence-electron chi connectivity index (χ2n) is 5.27. The van der Waals surface area contributed by atoms with Gasteiger partial charge in [0, 0.05) is 5.75 Å². The maximum Gasteiger partial charge on any atom is 0.283 e. The molecule has 1 aliphatic heterocycles. The molecule has 4 nitrogen and oxygen atoms in total. The van der Waals surface area contributed by atoms with Gasteiger partial charge in [-0.05, 0) is 35.9 Å². The van der Waals surface area contributed by atoms with Gasteiger partial charge in [0.1, 0.15) is 11.4 Å². The average Bonchev–Trinajstić information content (AvgIpc) is 2.96. The Labute approximate surface area is 151 Å². The number of amides is 1. The van der Waals surface area contributed by atoms with E-state index in [9.17, 15) is 4.79 Å². The third kappa shape index (κ3) is 3.83. The number of aliphatic imine (C=N–C) groups is 1. The molecule has 0 aliphatic carbocycles. The van der Waals surface area contributed by atoms with Gasteiger partial charge in [-0.3, -0.25) is 9.69 Å². The monoisotopic (exact) mass is 350 g/mol. The van der Waals surface area contributed by atoms with E-state index in [0.29, 0.717) is 16.6 Å². The Morgan fingerprint density at radius 3 is 2.52 bits per heavy atom. The molecule has 3 rings (SSSR count). The van der Waals surface area contributed by atoms with Crippen LogP contribution in [0.1, 0.15) is 5.56 Å². The minimum absolute atomic E-state index is 0.138. The first-order valence-corrected chi connectivity index (χ1v) is 8.79. The predicted molar refractivity (Wildman–Crippen MR) is 105 cm³/mol. The highest BCUT2D eigenvalue weighted by Crippen LogP contribution is 2.30. The van der Waals surface area contributed by atoms with Gasteiger partial charge in [0.15, 0.2) is 5.17 Å². The van der Waals surface area contributed by atoms with E-state index in [4.69, 9.17) is 4.74 Å². The van der Waals surface area contributed by atoms with Gasteiger partial charge in [-0.15, -0.1) is 6.58 Å². The van der Waals surface area contributed by atoms with Crippen LogP contribution < -0.4 is 9.64 Å². The van der Waals surface area contributed by atoms with Crippen LogP contribution in [0.2, 0.25) is 0 Å². The number of carbonyl (C=O) groups excluding carboxylic acids is 1. The van der Waals surface area contributed by atoms with Crippen LogP contribution in [-0.4, -0.2) is 23.9 Å². The molecule has 25 heavy (non-hydrogen) atoms. The molecule has 0 saturated carbocycles. The Kier molecular flexibility index (Phi) is 5.36. The van der Waals surface area contributed by atoms with Crippen molar-refractivity contribution in [1.29, 1.82) is 0 Å². The van der Waals surface area contributed by atoms with E-state index in [1.165, 1.54) is 11.8 Å². The van der Waals surface area contributed by atoms with Gasteiger partial charge in [0.05, 0.1) is 12.8 Å². The second kappa shape index (κ2) is 7.85. The number of anilines is 1. The van der Waals surface area contributed by atoms with E-state index in [2.05, 4.69) is 11.6 Å². The number of benzene rings is 2. The summed E-state index contributed by atoms with van der Waals surface area (Å²) in [6, 6.07) is 17.1. The fourth-order valence-corrected chi connectivity index (χ4v) is 3.14. The van der Waals surface area contributed by atoms with Crippen molar-refractivity contribution in [2.75, 3.05) is 17.8 Å². The first-order valence-electron chi connectivity index (χ1n) is 7.80. The van der Waals surface area contributed by atoms with Crippen molar-refractivity contribution in [3.63, 3.8) is 0 Å². The number of methoxy groups -OCH3 is 1. The number of ether oxygens (including phenoxy) is 1. The van der Waals surface area contributed by atoms with E-state index >= 15 is 0 Å². The van der Waals surface area contributed by atoms with Gasteiger partial charge < -0.3 is 4.74 Å². The van der Waals surface area contributed by atoms with Gasteiger partial charge in [-0.2, -0.15) is 0 Å². The molecule has 1 heterocycles. The normalized spacial score (nSPS) is 15.4. The van der Waals surface area contributed by atoms with Crippen molar-refractivity contribution in [3.8, 4) is 5.75 Å². The number of amidine groups is 1. The molecule has 1 amide bonds. The molecule has 2 aromatic rings. The van der Waals surface area contributed by atoms with Crippen LogP contribution in [0.25, 0.3) is 6.08 Å². The van der Waals surface area contributed by atoms with Crippen molar-refractivity contribution in [2.24, 2.45) is 4.99 Å². The number of rotatable bonds is 5. The summed E-state index contributed by atoms with van der Waals surface area (Å²) in [5.74, 6) is 1.28. The van der Waals surface area contributed by atoms with E-state index < -0.39 is 0 Å². The van der Waals surface area contributed by atoms with Crippen molar-refractivity contribution in [2.45, 2.75) is 0 Å². The molecular weight excluding hydrogens is 332 g/mol. The third-order valence-electron chi connectivity index (χ3n) is 3.59. The summed E-state index contributed by atoms with van der Waals surface area (Å²) < 4.78 is 5.19. The zero-order chi connectivity index (χ0) is 17.6. The molecular formula is C20H18N2O2S. The van der Waals surface area contributed by atoms with Crippen LogP contribution in [0.15, 0.2) is 77.9 Å². The highest BCUT2D eigenvalue weighted by molar-refractivity contribution is 8.14. The predicted octanol–water partition coefficient (Wildman–Crippen LogP) is 4.36. The topological polar surface area (TPSA) is 41.9 Å². The molecule has 0 bridgehead atoms. The summed E-state index contributed by atoms with van der Waals surface area (Å²) in [6.07, 6.45) is 3.60.